The number of rotatable bonds is 9. The molecule has 2 aromatic rings. The molecule has 2 heterocycles. The first-order chi connectivity index (χ1) is 13.1. The van der Waals surface area contributed by atoms with Crippen molar-refractivity contribution in [1.82, 2.24) is 9.80 Å². The molecule has 0 bridgehead atoms. The zero-order chi connectivity index (χ0) is 19.1. The zero-order valence-electron chi connectivity index (χ0n) is 16.5. The third-order valence-corrected chi connectivity index (χ3v) is 5.48. The normalized spacial score (nSPS) is 18.3. The Morgan fingerprint density at radius 2 is 1.96 bits per heavy atom. The van der Waals surface area contributed by atoms with Crippen molar-refractivity contribution in [3.05, 3.63) is 58.5 Å². The third-order valence-electron chi connectivity index (χ3n) is 5.23. The Bertz CT molecular complexity index is 686. The summed E-state index contributed by atoms with van der Waals surface area (Å²) in [4.78, 5) is 4.99. The zero-order valence-corrected chi connectivity index (χ0v) is 17.3. The number of hydrogen-bond donors (Lipinski definition) is 0. The van der Waals surface area contributed by atoms with Crippen molar-refractivity contribution in [2.45, 2.75) is 32.4 Å². The number of likely N-dealkylation sites (tertiary alicyclic amines) is 1. The summed E-state index contributed by atoms with van der Waals surface area (Å²) in [6, 6.07) is 12.3. The molecular weight excluding hydrogens is 360 g/mol. The monoisotopic (exact) mass is 390 g/mol. The van der Waals surface area contributed by atoms with Crippen LogP contribution < -0.4 is 0 Å². The van der Waals surface area contributed by atoms with Gasteiger partial charge in [0.2, 0.25) is 0 Å². The molecule has 0 N–H and O–H groups in total. The van der Waals surface area contributed by atoms with Gasteiger partial charge in [-0.25, -0.2) is 0 Å². The van der Waals surface area contributed by atoms with Crippen LogP contribution in [-0.4, -0.2) is 50.1 Å². The fourth-order valence-electron chi connectivity index (χ4n) is 3.94. The van der Waals surface area contributed by atoms with Crippen molar-refractivity contribution in [3.63, 3.8) is 0 Å². The predicted molar refractivity (Wildman–Crippen MR) is 110 cm³/mol. The number of piperidine rings is 1. The fourth-order valence-corrected chi connectivity index (χ4v) is 4.07. The molecule has 27 heavy (non-hydrogen) atoms. The Labute approximate surface area is 168 Å². The summed E-state index contributed by atoms with van der Waals surface area (Å²) in [6.45, 7) is 6.02. The van der Waals surface area contributed by atoms with E-state index in [0.717, 1.165) is 48.5 Å². The maximum absolute atomic E-state index is 5.98. The first-order valence-corrected chi connectivity index (χ1v) is 10.2. The molecule has 1 saturated heterocycles. The summed E-state index contributed by atoms with van der Waals surface area (Å²) in [5.74, 6) is 2.63. The first kappa shape index (κ1) is 20.4. The summed E-state index contributed by atoms with van der Waals surface area (Å²) in [5, 5.41) is 0.811. The van der Waals surface area contributed by atoms with Crippen molar-refractivity contribution < 1.29 is 9.15 Å². The molecule has 5 heteroatoms. The van der Waals surface area contributed by atoms with Crippen LogP contribution in [0.15, 0.2) is 40.8 Å². The van der Waals surface area contributed by atoms with Gasteiger partial charge in [0.05, 0.1) is 6.54 Å². The molecule has 1 unspecified atom stereocenters. The second-order valence-corrected chi connectivity index (χ2v) is 8.12. The van der Waals surface area contributed by atoms with Gasteiger partial charge in [-0.3, -0.25) is 4.90 Å². The van der Waals surface area contributed by atoms with Crippen LogP contribution in [0.5, 0.6) is 0 Å². The Morgan fingerprint density at radius 3 is 2.74 bits per heavy atom. The minimum absolute atomic E-state index is 0.537. The average Bonchev–Trinajstić information content (AvgIpc) is 3.08. The lowest BCUT2D eigenvalue weighted by Gasteiger charge is -2.34. The average molecular weight is 391 g/mol. The van der Waals surface area contributed by atoms with E-state index in [0.29, 0.717) is 6.61 Å². The van der Waals surface area contributed by atoms with Crippen molar-refractivity contribution in [1.29, 1.82) is 0 Å². The largest absolute Gasteiger partial charge is 0.462 e. The van der Waals surface area contributed by atoms with Crippen molar-refractivity contribution in [2.24, 2.45) is 5.92 Å². The van der Waals surface area contributed by atoms with E-state index < -0.39 is 0 Å². The summed E-state index contributed by atoms with van der Waals surface area (Å²) < 4.78 is 10.9. The van der Waals surface area contributed by atoms with Gasteiger partial charge in [-0.1, -0.05) is 23.7 Å². The lowest BCUT2D eigenvalue weighted by atomic mass is 9.97. The van der Waals surface area contributed by atoms with Gasteiger partial charge in [-0.15, -0.1) is 0 Å². The van der Waals surface area contributed by atoms with Crippen LogP contribution in [0.25, 0.3) is 0 Å². The van der Waals surface area contributed by atoms with Crippen LogP contribution in [0.2, 0.25) is 5.02 Å². The number of benzene rings is 1. The van der Waals surface area contributed by atoms with E-state index in [-0.39, 0.29) is 0 Å². The molecule has 1 aromatic carbocycles. The number of hydrogen-bond acceptors (Lipinski definition) is 4. The molecular formula is C22H31ClN2O2. The van der Waals surface area contributed by atoms with E-state index in [1.807, 2.05) is 18.2 Å². The summed E-state index contributed by atoms with van der Waals surface area (Å²) in [7, 11) is 3.88. The highest BCUT2D eigenvalue weighted by Crippen LogP contribution is 2.19. The molecule has 0 spiro atoms. The summed E-state index contributed by atoms with van der Waals surface area (Å²) in [5.41, 5.74) is 1.36. The topological polar surface area (TPSA) is 28.9 Å². The first-order valence-electron chi connectivity index (χ1n) is 9.84. The minimum Gasteiger partial charge on any atom is -0.462 e. The maximum atomic E-state index is 5.98. The second kappa shape index (κ2) is 10.3. The summed E-state index contributed by atoms with van der Waals surface area (Å²) >= 11 is 5.98. The molecule has 148 valence electrons. The van der Waals surface area contributed by atoms with E-state index in [9.17, 15) is 0 Å². The maximum Gasteiger partial charge on any atom is 0.129 e. The smallest absolute Gasteiger partial charge is 0.129 e. The van der Waals surface area contributed by atoms with Crippen molar-refractivity contribution >= 4 is 11.6 Å². The van der Waals surface area contributed by atoms with Crippen LogP contribution in [0.1, 0.15) is 29.9 Å². The Morgan fingerprint density at radius 1 is 1.19 bits per heavy atom. The minimum atomic E-state index is 0.537. The number of ether oxygens (including phenoxy) is 1. The molecule has 1 aliphatic heterocycles. The lowest BCUT2D eigenvalue weighted by Crippen LogP contribution is -2.40. The Kier molecular flexibility index (Phi) is 7.77. The highest BCUT2D eigenvalue weighted by atomic mass is 35.5. The molecule has 0 radical (unpaired) electrons. The Balaban J connectivity index is 1.42. The van der Waals surface area contributed by atoms with Crippen LogP contribution in [0, 0.1) is 5.92 Å². The standard InChI is InChI=1S/C22H31ClN2O2/c1-24(16-21-9-10-22(27-21)17-26-2)14-19-4-3-12-25(15-19)13-11-18-5-7-20(23)8-6-18/h5-10,19H,3-4,11-17H2,1-2H3. The Hall–Kier alpha value is -1.33. The van der Waals surface area contributed by atoms with Gasteiger partial charge in [0.1, 0.15) is 18.1 Å². The highest BCUT2D eigenvalue weighted by Gasteiger charge is 2.21. The van der Waals surface area contributed by atoms with Gasteiger partial charge in [-0.05, 0) is 68.6 Å². The van der Waals surface area contributed by atoms with Crippen molar-refractivity contribution in [3.8, 4) is 0 Å². The SMILES string of the molecule is COCc1ccc(CN(C)CC2CCCN(CCc3ccc(Cl)cc3)C2)o1. The van der Waals surface area contributed by atoms with Crippen LogP contribution in [0.4, 0.5) is 0 Å². The van der Waals surface area contributed by atoms with Gasteiger partial charge >= 0.3 is 0 Å². The van der Waals surface area contributed by atoms with E-state index in [2.05, 4.69) is 35.0 Å². The van der Waals surface area contributed by atoms with E-state index in [1.165, 1.54) is 31.5 Å². The van der Waals surface area contributed by atoms with Crippen LogP contribution in [-0.2, 0) is 24.3 Å². The van der Waals surface area contributed by atoms with Crippen LogP contribution >= 0.6 is 11.6 Å². The van der Waals surface area contributed by atoms with Gasteiger partial charge in [-0.2, -0.15) is 0 Å². The van der Waals surface area contributed by atoms with Crippen LogP contribution in [0.3, 0.4) is 0 Å². The number of halogens is 1. The van der Waals surface area contributed by atoms with Gasteiger partial charge < -0.3 is 14.1 Å². The van der Waals surface area contributed by atoms with Gasteiger partial charge in [0, 0.05) is 31.8 Å². The molecule has 1 aliphatic rings. The van der Waals surface area contributed by atoms with Gasteiger partial charge in [0.25, 0.3) is 0 Å². The molecule has 1 atom stereocenters. The molecule has 4 nitrogen and oxygen atoms in total. The second-order valence-electron chi connectivity index (χ2n) is 7.68. The molecule has 0 saturated carbocycles. The molecule has 1 fully saturated rings. The third kappa shape index (κ3) is 6.65. The van der Waals surface area contributed by atoms with E-state index in [1.54, 1.807) is 7.11 Å². The lowest BCUT2D eigenvalue weighted by molar-refractivity contribution is 0.136. The molecule has 0 aliphatic carbocycles. The number of furan rings is 1. The number of nitrogens with zero attached hydrogens (tertiary/aromatic N) is 2. The van der Waals surface area contributed by atoms with E-state index in [4.69, 9.17) is 20.8 Å². The molecule has 3 rings (SSSR count). The molecule has 1 aromatic heterocycles. The van der Waals surface area contributed by atoms with Gasteiger partial charge in [0.15, 0.2) is 0 Å². The summed E-state index contributed by atoms with van der Waals surface area (Å²) in [6.07, 6.45) is 3.70. The fraction of sp³-hybridized carbons (Fsp3) is 0.545. The quantitative estimate of drug-likeness (QED) is 0.631. The van der Waals surface area contributed by atoms with Crippen molar-refractivity contribution in [2.75, 3.05) is 40.3 Å². The molecule has 0 amide bonds. The highest BCUT2D eigenvalue weighted by molar-refractivity contribution is 6.30. The number of methoxy groups -OCH3 is 1. The van der Waals surface area contributed by atoms with E-state index >= 15 is 0 Å². The predicted octanol–water partition coefficient (Wildman–Crippen LogP) is 4.47.